The molecule has 6 heteroatoms. The predicted molar refractivity (Wildman–Crippen MR) is 96.0 cm³/mol. The minimum Gasteiger partial charge on any atom is -0.304 e. The second-order valence-electron chi connectivity index (χ2n) is 5.82. The van der Waals surface area contributed by atoms with Gasteiger partial charge >= 0.3 is 7.60 Å². The Morgan fingerprint density at radius 3 is 1.36 bits per heavy atom. The summed E-state index contributed by atoms with van der Waals surface area (Å²) >= 11 is 0. The van der Waals surface area contributed by atoms with Crippen molar-refractivity contribution in [2.75, 3.05) is 6.66 Å². The number of rotatable bonds is 8. The predicted octanol–water partition coefficient (Wildman–Crippen LogP) is 4.65. The van der Waals surface area contributed by atoms with Crippen LogP contribution >= 0.6 is 7.60 Å². The van der Waals surface area contributed by atoms with Gasteiger partial charge in [-0.25, -0.2) is 0 Å². The zero-order valence-corrected chi connectivity index (χ0v) is 15.4. The van der Waals surface area contributed by atoms with Gasteiger partial charge in [0.1, 0.15) is 0 Å². The molecule has 0 unspecified atom stereocenters. The molecule has 0 aromatic heterocycles. The van der Waals surface area contributed by atoms with Crippen molar-refractivity contribution >= 4 is 19.2 Å². The van der Waals surface area contributed by atoms with Gasteiger partial charge in [0.2, 0.25) is 0 Å². The molecular weight excluding hydrogens is 339 g/mol. The van der Waals surface area contributed by atoms with Crippen molar-refractivity contribution in [3.05, 3.63) is 70.8 Å². The van der Waals surface area contributed by atoms with Crippen molar-refractivity contribution in [2.45, 2.75) is 27.1 Å². The van der Waals surface area contributed by atoms with Gasteiger partial charge in [-0.2, -0.15) is 0 Å². The molecule has 5 nitrogen and oxygen atoms in total. The Balaban J connectivity index is 1.87. The van der Waals surface area contributed by atoms with Crippen LogP contribution in [0.4, 0.5) is 0 Å². The molecule has 0 fully saturated rings. The summed E-state index contributed by atoms with van der Waals surface area (Å²) in [4.78, 5) is 22.5. The summed E-state index contributed by atoms with van der Waals surface area (Å²) in [5.74, 6) is -0.0134. The summed E-state index contributed by atoms with van der Waals surface area (Å²) < 4.78 is 23.1. The van der Waals surface area contributed by atoms with E-state index >= 15 is 0 Å². The summed E-state index contributed by atoms with van der Waals surface area (Å²) in [6.07, 6.45) is 0. The zero-order chi connectivity index (χ0) is 18.4. The second kappa shape index (κ2) is 8.34. The summed E-state index contributed by atoms with van der Waals surface area (Å²) in [5.41, 5.74) is 2.85. The lowest BCUT2D eigenvalue weighted by Gasteiger charge is -2.14. The summed E-state index contributed by atoms with van der Waals surface area (Å²) in [6.45, 7) is 4.69. The first-order valence-electron chi connectivity index (χ1n) is 7.83. The Hall–Kier alpha value is -2.07. The number of carbonyl (C=O) groups is 2. The highest BCUT2D eigenvalue weighted by Crippen LogP contribution is 2.45. The van der Waals surface area contributed by atoms with Crippen LogP contribution in [0.2, 0.25) is 0 Å². The van der Waals surface area contributed by atoms with Crippen LogP contribution in [0.3, 0.4) is 0 Å². The molecule has 0 amide bonds. The van der Waals surface area contributed by atoms with Gasteiger partial charge in [0.05, 0.1) is 13.2 Å². The molecule has 0 radical (unpaired) electrons. The number of hydrogen-bond donors (Lipinski definition) is 0. The lowest BCUT2D eigenvalue weighted by atomic mass is 10.1. The van der Waals surface area contributed by atoms with Crippen LogP contribution in [-0.2, 0) is 26.8 Å². The first kappa shape index (κ1) is 19.3. The van der Waals surface area contributed by atoms with Crippen LogP contribution in [0.15, 0.2) is 48.5 Å². The van der Waals surface area contributed by atoms with Crippen LogP contribution < -0.4 is 0 Å². The summed E-state index contributed by atoms with van der Waals surface area (Å²) in [7, 11) is -3.22. The molecule has 0 atom stereocenters. The summed E-state index contributed by atoms with van der Waals surface area (Å²) in [5, 5.41) is 0. The molecule has 0 saturated carbocycles. The minimum absolute atomic E-state index is 0.00671. The van der Waals surface area contributed by atoms with Crippen LogP contribution in [0, 0.1) is 0 Å². The van der Waals surface area contributed by atoms with Gasteiger partial charge in [0.25, 0.3) is 0 Å². The van der Waals surface area contributed by atoms with E-state index in [0.29, 0.717) is 11.1 Å². The average Bonchev–Trinajstić information content (AvgIpc) is 2.59. The first-order valence-corrected chi connectivity index (χ1v) is 9.82. The third kappa shape index (κ3) is 6.05. The molecule has 0 N–H and O–H groups in total. The molecular formula is C19H21O5P. The fourth-order valence-electron chi connectivity index (χ4n) is 2.09. The summed E-state index contributed by atoms with van der Waals surface area (Å²) in [6, 6.07) is 13.9. The zero-order valence-electron chi connectivity index (χ0n) is 14.5. The van der Waals surface area contributed by atoms with Gasteiger partial charge < -0.3 is 9.05 Å². The Kier molecular flexibility index (Phi) is 6.43. The minimum atomic E-state index is -3.22. The molecule has 0 aliphatic heterocycles. The van der Waals surface area contributed by atoms with E-state index in [2.05, 4.69) is 0 Å². The molecule has 0 aliphatic carbocycles. The Bertz CT molecular complexity index is 728. The Labute approximate surface area is 147 Å². The number of benzene rings is 2. The lowest BCUT2D eigenvalue weighted by Crippen LogP contribution is -1.98. The molecule has 0 heterocycles. The van der Waals surface area contributed by atoms with E-state index in [1.165, 1.54) is 20.5 Å². The second-order valence-corrected chi connectivity index (χ2v) is 7.88. The van der Waals surface area contributed by atoms with Crippen molar-refractivity contribution in [3.63, 3.8) is 0 Å². The van der Waals surface area contributed by atoms with Gasteiger partial charge in [-0.15, -0.1) is 0 Å². The normalized spacial score (nSPS) is 11.3. The van der Waals surface area contributed by atoms with E-state index < -0.39 is 7.60 Å². The highest BCUT2D eigenvalue weighted by atomic mass is 31.2. The Morgan fingerprint density at radius 2 is 1.08 bits per heavy atom. The molecule has 2 aromatic rings. The van der Waals surface area contributed by atoms with E-state index in [4.69, 9.17) is 9.05 Å². The van der Waals surface area contributed by atoms with Gasteiger partial charge in [0.15, 0.2) is 11.6 Å². The van der Waals surface area contributed by atoms with Gasteiger partial charge in [-0.05, 0) is 25.0 Å². The highest BCUT2D eigenvalue weighted by molar-refractivity contribution is 7.52. The lowest BCUT2D eigenvalue weighted by molar-refractivity contribution is 0.100. The Morgan fingerprint density at radius 1 is 0.760 bits per heavy atom. The maximum absolute atomic E-state index is 12.4. The maximum atomic E-state index is 12.4. The highest BCUT2D eigenvalue weighted by Gasteiger charge is 2.17. The number of ketones is 2. The van der Waals surface area contributed by atoms with Crippen LogP contribution in [0.1, 0.15) is 45.7 Å². The van der Waals surface area contributed by atoms with Crippen molar-refractivity contribution in [3.8, 4) is 0 Å². The van der Waals surface area contributed by atoms with Crippen molar-refractivity contribution in [1.29, 1.82) is 0 Å². The number of hydrogen-bond acceptors (Lipinski definition) is 5. The number of Topliss-reactive ketones (excluding diaryl/α,β-unsaturated/α-hetero) is 2. The molecule has 0 saturated heterocycles. The van der Waals surface area contributed by atoms with Crippen LogP contribution in [0.25, 0.3) is 0 Å². The fourth-order valence-corrected chi connectivity index (χ4v) is 2.93. The fraction of sp³-hybridized carbons (Fsp3) is 0.263. The van der Waals surface area contributed by atoms with Crippen LogP contribution in [-0.4, -0.2) is 18.2 Å². The van der Waals surface area contributed by atoms with E-state index in [0.717, 1.165) is 11.1 Å². The molecule has 0 aliphatic rings. The molecule has 0 bridgehead atoms. The molecule has 25 heavy (non-hydrogen) atoms. The first-order chi connectivity index (χ1) is 11.8. The average molecular weight is 360 g/mol. The quantitative estimate of drug-likeness (QED) is 0.506. The monoisotopic (exact) mass is 360 g/mol. The van der Waals surface area contributed by atoms with E-state index in [1.807, 2.05) is 0 Å². The van der Waals surface area contributed by atoms with Gasteiger partial charge in [-0.1, -0.05) is 48.5 Å². The largest absolute Gasteiger partial charge is 0.328 e. The molecule has 0 spiro atoms. The standard InChI is InChI=1S/C19H21O5P/c1-14(20)18-8-4-16(5-9-18)12-23-25(3,22)24-13-17-6-10-19(11-7-17)15(2)21/h4-11H,12-13H2,1-3H3. The van der Waals surface area contributed by atoms with Crippen molar-refractivity contribution < 1.29 is 23.2 Å². The van der Waals surface area contributed by atoms with Crippen molar-refractivity contribution in [1.82, 2.24) is 0 Å². The molecule has 2 aromatic carbocycles. The smallest absolute Gasteiger partial charge is 0.304 e. The number of carbonyl (C=O) groups excluding carboxylic acids is 2. The SMILES string of the molecule is CC(=O)c1ccc(COP(C)(=O)OCc2ccc(C(C)=O)cc2)cc1. The van der Waals surface area contributed by atoms with Crippen molar-refractivity contribution in [2.24, 2.45) is 0 Å². The third-order valence-electron chi connectivity index (χ3n) is 3.65. The van der Waals surface area contributed by atoms with E-state index in [1.54, 1.807) is 48.5 Å². The third-order valence-corrected chi connectivity index (χ3v) is 4.85. The van der Waals surface area contributed by atoms with Gasteiger partial charge in [-0.3, -0.25) is 14.2 Å². The maximum Gasteiger partial charge on any atom is 0.328 e. The van der Waals surface area contributed by atoms with E-state index in [-0.39, 0.29) is 24.8 Å². The topological polar surface area (TPSA) is 69.7 Å². The molecule has 132 valence electrons. The van der Waals surface area contributed by atoms with Gasteiger partial charge in [0, 0.05) is 17.8 Å². The molecule has 2 rings (SSSR count). The van der Waals surface area contributed by atoms with Crippen LogP contribution in [0.5, 0.6) is 0 Å². The van der Waals surface area contributed by atoms with E-state index in [9.17, 15) is 14.2 Å².